The molecule has 1 aliphatic rings. The molecule has 0 spiro atoms. The number of carbonyl (C=O) groups excluding carboxylic acids is 1. The number of rotatable bonds is 5. The Balaban J connectivity index is 1.92. The SMILES string of the molecule is CCOC(=O)C1CCN(Cc2cc(C)ccc2OC)CC1. The van der Waals surface area contributed by atoms with Crippen LogP contribution in [-0.4, -0.2) is 37.7 Å². The van der Waals surface area contributed by atoms with Crippen LogP contribution in [0.1, 0.15) is 30.9 Å². The summed E-state index contributed by atoms with van der Waals surface area (Å²) in [6.45, 7) is 7.16. The zero-order valence-corrected chi connectivity index (χ0v) is 13.2. The Labute approximate surface area is 127 Å². The third-order valence-corrected chi connectivity index (χ3v) is 4.04. The topological polar surface area (TPSA) is 38.8 Å². The molecular weight excluding hydrogens is 266 g/mol. The van der Waals surface area contributed by atoms with Crippen molar-refractivity contribution < 1.29 is 14.3 Å². The predicted octanol–water partition coefficient (Wildman–Crippen LogP) is 2.78. The minimum absolute atomic E-state index is 0.0368. The number of nitrogens with zero attached hydrogens (tertiary/aromatic N) is 1. The number of piperidine rings is 1. The molecule has 1 aromatic rings. The number of hydrogen-bond acceptors (Lipinski definition) is 4. The van der Waals surface area contributed by atoms with E-state index in [9.17, 15) is 4.79 Å². The van der Waals surface area contributed by atoms with Crippen molar-refractivity contribution in [2.45, 2.75) is 33.2 Å². The molecule has 1 aromatic carbocycles. The van der Waals surface area contributed by atoms with Gasteiger partial charge in [-0.3, -0.25) is 9.69 Å². The van der Waals surface area contributed by atoms with Crippen LogP contribution >= 0.6 is 0 Å². The first kappa shape index (κ1) is 15.8. The van der Waals surface area contributed by atoms with Crippen LogP contribution in [0.3, 0.4) is 0 Å². The Morgan fingerprint density at radius 2 is 2.05 bits per heavy atom. The highest BCUT2D eigenvalue weighted by atomic mass is 16.5. The predicted molar refractivity (Wildman–Crippen MR) is 82.4 cm³/mol. The van der Waals surface area contributed by atoms with Gasteiger partial charge in [0.2, 0.25) is 0 Å². The Kier molecular flexibility index (Phi) is 5.62. The van der Waals surface area contributed by atoms with Gasteiger partial charge in [0.1, 0.15) is 5.75 Å². The molecule has 0 aromatic heterocycles. The highest BCUT2D eigenvalue weighted by Gasteiger charge is 2.26. The molecular formula is C17H25NO3. The van der Waals surface area contributed by atoms with E-state index in [1.165, 1.54) is 11.1 Å². The number of hydrogen-bond donors (Lipinski definition) is 0. The lowest BCUT2D eigenvalue weighted by molar-refractivity contribution is -0.149. The minimum atomic E-state index is -0.0368. The highest BCUT2D eigenvalue weighted by molar-refractivity contribution is 5.72. The largest absolute Gasteiger partial charge is 0.496 e. The average molecular weight is 291 g/mol. The molecule has 1 aliphatic heterocycles. The van der Waals surface area contributed by atoms with Crippen LogP contribution in [0.25, 0.3) is 0 Å². The molecule has 4 nitrogen and oxygen atoms in total. The van der Waals surface area contributed by atoms with Crippen LogP contribution < -0.4 is 4.74 Å². The fourth-order valence-corrected chi connectivity index (χ4v) is 2.86. The molecule has 0 bridgehead atoms. The van der Waals surface area contributed by atoms with Crippen molar-refractivity contribution in [1.82, 2.24) is 4.90 Å². The number of carbonyl (C=O) groups is 1. The Hall–Kier alpha value is -1.55. The maximum atomic E-state index is 11.7. The first-order valence-corrected chi connectivity index (χ1v) is 7.66. The van der Waals surface area contributed by atoms with Gasteiger partial charge in [-0.25, -0.2) is 0 Å². The van der Waals surface area contributed by atoms with Gasteiger partial charge in [0.05, 0.1) is 19.6 Å². The summed E-state index contributed by atoms with van der Waals surface area (Å²) in [4.78, 5) is 14.1. The van der Waals surface area contributed by atoms with Crippen molar-refractivity contribution in [3.8, 4) is 5.75 Å². The van der Waals surface area contributed by atoms with Gasteiger partial charge in [-0.1, -0.05) is 17.7 Å². The van der Waals surface area contributed by atoms with Crippen LogP contribution in [0.2, 0.25) is 0 Å². The van der Waals surface area contributed by atoms with Crippen LogP contribution in [0.4, 0.5) is 0 Å². The zero-order valence-electron chi connectivity index (χ0n) is 13.2. The van der Waals surface area contributed by atoms with Crippen LogP contribution in [-0.2, 0) is 16.1 Å². The first-order valence-electron chi connectivity index (χ1n) is 7.66. The van der Waals surface area contributed by atoms with Crippen LogP contribution in [0.5, 0.6) is 5.75 Å². The smallest absolute Gasteiger partial charge is 0.309 e. The molecule has 4 heteroatoms. The Morgan fingerprint density at radius 1 is 1.33 bits per heavy atom. The molecule has 21 heavy (non-hydrogen) atoms. The molecule has 116 valence electrons. The number of likely N-dealkylation sites (tertiary alicyclic amines) is 1. The van der Waals surface area contributed by atoms with Gasteiger partial charge in [0, 0.05) is 12.1 Å². The van der Waals surface area contributed by atoms with E-state index in [0.717, 1.165) is 38.2 Å². The molecule has 0 aliphatic carbocycles. The molecule has 0 amide bonds. The van der Waals surface area contributed by atoms with Crippen molar-refractivity contribution in [1.29, 1.82) is 0 Å². The third-order valence-electron chi connectivity index (χ3n) is 4.04. The van der Waals surface area contributed by atoms with E-state index in [1.54, 1.807) is 7.11 Å². The van der Waals surface area contributed by atoms with Crippen molar-refractivity contribution in [2.75, 3.05) is 26.8 Å². The van der Waals surface area contributed by atoms with E-state index in [4.69, 9.17) is 9.47 Å². The van der Waals surface area contributed by atoms with Crippen molar-refractivity contribution in [2.24, 2.45) is 5.92 Å². The second-order valence-electron chi connectivity index (χ2n) is 5.62. The minimum Gasteiger partial charge on any atom is -0.496 e. The van der Waals surface area contributed by atoms with Crippen molar-refractivity contribution in [3.63, 3.8) is 0 Å². The third kappa shape index (κ3) is 4.21. The number of aryl methyl sites for hydroxylation is 1. The molecule has 1 saturated heterocycles. The van der Waals surface area contributed by atoms with Gasteiger partial charge >= 0.3 is 5.97 Å². The second kappa shape index (κ2) is 7.46. The van der Waals surface area contributed by atoms with Gasteiger partial charge in [0.25, 0.3) is 0 Å². The molecule has 0 N–H and O–H groups in total. The lowest BCUT2D eigenvalue weighted by Crippen LogP contribution is -2.36. The zero-order chi connectivity index (χ0) is 15.2. The van der Waals surface area contributed by atoms with Crippen molar-refractivity contribution in [3.05, 3.63) is 29.3 Å². The van der Waals surface area contributed by atoms with Crippen LogP contribution in [0, 0.1) is 12.8 Å². The maximum Gasteiger partial charge on any atom is 0.309 e. The molecule has 1 heterocycles. The normalized spacial score (nSPS) is 16.7. The highest BCUT2D eigenvalue weighted by Crippen LogP contribution is 2.25. The van der Waals surface area contributed by atoms with Crippen LogP contribution in [0.15, 0.2) is 18.2 Å². The lowest BCUT2D eigenvalue weighted by atomic mass is 9.96. The molecule has 1 fully saturated rings. The molecule has 0 saturated carbocycles. The summed E-state index contributed by atoms with van der Waals surface area (Å²) in [5, 5.41) is 0. The molecule has 0 atom stereocenters. The number of ether oxygens (including phenoxy) is 2. The van der Waals surface area contributed by atoms with E-state index in [2.05, 4.69) is 24.0 Å². The second-order valence-corrected chi connectivity index (χ2v) is 5.62. The Bertz CT molecular complexity index is 479. The van der Waals surface area contributed by atoms with Crippen molar-refractivity contribution >= 4 is 5.97 Å². The molecule has 0 radical (unpaired) electrons. The van der Waals surface area contributed by atoms with Gasteiger partial charge in [-0.2, -0.15) is 0 Å². The first-order chi connectivity index (χ1) is 10.1. The van der Waals surface area contributed by atoms with Gasteiger partial charge in [-0.15, -0.1) is 0 Å². The van der Waals surface area contributed by atoms with E-state index < -0.39 is 0 Å². The Morgan fingerprint density at radius 3 is 2.67 bits per heavy atom. The van der Waals surface area contributed by atoms with Gasteiger partial charge in [0.15, 0.2) is 0 Å². The summed E-state index contributed by atoms with van der Waals surface area (Å²) >= 11 is 0. The summed E-state index contributed by atoms with van der Waals surface area (Å²) in [5.41, 5.74) is 2.46. The summed E-state index contributed by atoms with van der Waals surface area (Å²) < 4.78 is 10.5. The number of esters is 1. The van der Waals surface area contributed by atoms with E-state index in [-0.39, 0.29) is 11.9 Å². The number of benzene rings is 1. The number of methoxy groups -OCH3 is 1. The summed E-state index contributed by atoms with van der Waals surface area (Å²) in [6, 6.07) is 6.27. The summed E-state index contributed by atoms with van der Waals surface area (Å²) in [7, 11) is 1.71. The monoisotopic (exact) mass is 291 g/mol. The van der Waals surface area contributed by atoms with E-state index in [0.29, 0.717) is 6.61 Å². The maximum absolute atomic E-state index is 11.7. The van der Waals surface area contributed by atoms with E-state index >= 15 is 0 Å². The fourth-order valence-electron chi connectivity index (χ4n) is 2.86. The lowest BCUT2D eigenvalue weighted by Gasteiger charge is -2.31. The fraction of sp³-hybridized carbons (Fsp3) is 0.588. The summed E-state index contributed by atoms with van der Waals surface area (Å²) in [5.74, 6) is 0.971. The average Bonchev–Trinajstić information content (AvgIpc) is 2.48. The standard InChI is InChI=1S/C17H25NO3/c1-4-21-17(19)14-7-9-18(10-8-14)12-15-11-13(2)5-6-16(15)20-3/h5-6,11,14H,4,7-10,12H2,1-3H3. The van der Waals surface area contributed by atoms with Gasteiger partial charge in [-0.05, 0) is 45.8 Å². The summed E-state index contributed by atoms with van der Waals surface area (Å²) in [6.07, 6.45) is 1.76. The van der Waals surface area contributed by atoms with Gasteiger partial charge < -0.3 is 9.47 Å². The quantitative estimate of drug-likeness (QED) is 0.782. The van der Waals surface area contributed by atoms with E-state index in [1.807, 2.05) is 13.0 Å². The molecule has 2 rings (SSSR count). The molecule has 0 unspecified atom stereocenters.